The van der Waals surface area contributed by atoms with Gasteiger partial charge in [-0.25, -0.2) is 9.97 Å². The SMILES string of the molecule is CC1(C)CC[C@H](O)[C@]23CO[C@@](O)([C@@H](O)C12)C12c4nc5cccc(O)c5nc4[C@H](CCC13)[C@H]2O. The highest BCUT2D eigenvalue weighted by atomic mass is 16.6. The first kappa shape index (κ1) is 20.5. The highest BCUT2D eigenvalue weighted by Crippen LogP contribution is 2.76. The highest BCUT2D eigenvalue weighted by Gasteiger charge is 2.85. The Morgan fingerprint density at radius 2 is 1.82 bits per heavy atom. The number of benzene rings is 1. The third kappa shape index (κ3) is 1.94. The standard InChI is InChI=1S/C25H30N2O6/c1-22(2)9-8-15(29)23-10-33-25(32,21(31)18(22)23)24-14(23)7-6-11(20(24)30)16-19(24)26-12-4-3-5-13(28)17(12)27-16/h3-5,11,14-15,18,20-21,28-32H,6-10H2,1-2H3/t11-,14?,15-,18?,20+,21-,23+,24?,25-/m0/s1. The second-order valence-electron chi connectivity index (χ2n) is 11.7. The van der Waals surface area contributed by atoms with Crippen LogP contribution in [0.5, 0.6) is 5.75 Å². The van der Waals surface area contributed by atoms with Crippen molar-refractivity contribution in [1.82, 2.24) is 9.97 Å². The zero-order chi connectivity index (χ0) is 23.1. The summed E-state index contributed by atoms with van der Waals surface area (Å²) in [4.78, 5) is 9.60. The van der Waals surface area contributed by atoms with Gasteiger partial charge in [0.15, 0.2) is 0 Å². The molecule has 1 aromatic carbocycles. The van der Waals surface area contributed by atoms with Crippen LogP contribution in [0.4, 0.5) is 0 Å². The van der Waals surface area contributed by atoms with E-state index in [0.29, 0.717) is 41.7 Å². The summed E-state index contributed by atoms with van der Waals surface area (Å²) < 4.78 is 6.12. The number of hydrogen-bond acceptors (Lipinski definition) is 8. The lowest BCUT2D eigenvalue weighted by Gasteiger charge is -2.75. The van der Waals surface area contributed by atoms with Crippen LogP contribution in [-0.4, -0.2) is 66.2 Å². The minimum Gasteiger partial charge on any atom is -0.506 e. The van der Waals surface area contributed by atoms with E-state index < -0.39 is 40.8 Å². The fourth-order valence-electron chi connectivity index (χ4n) is 9.04. The van der Waals surface area contributed by atoms with Gasteiger partial charge in [-0.15, -0.1) is 0 Å². The number of rotatable bonds is 0. The van der Waals surface area contributed by atoms with Crippen LogP contribution in [0, 0.1) is 22.7 Å². The summed E-state index contributed by atoms with van der Waals surface area (Å²) in [5.74, 6) is -3.15. The van der Waals surface area contributed by atoms with E-state index in [9.17, 15) is 25.5 Å². The molecule has 8 rings (SSSR count). The van der Waals surface area contributed by atoms with Crippen molar-refractivity contribution in [2.75, 3.05) is 6.61 Å². The lowest BCUT2D eigenvalue weighted by Crippen LogP contribution is -2.86. The summed E-state index contributed by atoms with van der Waals surface area (Å²) in [7, 11) is 0. The van der Waals surface area contributed by atoms with E-state index in [0.717, 1.165) is 6.42 Å². The molecule has 6 aliphatic rings. The molecular weight excluding hydrogens is 424 g/mol. The maximum atomic E-state index is 12.2. The van der Waals surface area contributed by atoms with Crippen molar-refractivity contribution in [1.29, 1.82) is 0 Å². The minimum atomic E-state index is -2.05. The molecule has 8 nitrogen and oxygen atoms in total. The maximum Gasteiger partial charge on any atom is 0.206 e. The van der Waals surface area contributed by atoms with E-state index in [1.54, 1.807) is 18.2 Å². The van der Waals surface area contributed by atoms with Crippen molar-refractivity contribution in [3.8, 4) is 5.75 Å². The molecule has 4 bridgehead atoms. The summed E-state index contributed by atoms with van der Waals surface area (Å²) in [5.41, 5.74) is -0.728. The molecular formula is C25H30N2O6. The van der Waals surface area contributed by atoms with Crippen LogP contribution in [0.2, 0.25) is 0 Å². The third-order valence-corrected chi connectivity index (χ3v) is 10.2. The fourth-order valence-corrected chi connectivity index (χ4v) is 9.04. The number of nitrogens with zero attached hydrogens (tertiary/aromatic N) is 2. The Morgan fingerprint density at radius 3 is 2.61 bits per heavy atom. The van der Waals surface area contributed by atoms with Crippen LogP contribution in [0.25, 0.3) is 11.0 Å². The number of phenols is 1. The number of phenolic OH excluding ortho intramolecular Hbond substituents is 1. The molecule has 2 aromatic rings. The molecule has 2 saturated heterocycles. The monoisotopic (exact) mass is 454 g/mol. The van der Waals surface area contributed by atoms with E-state index >= 15 is 0 Å². The molecule has 0 amide bonds. The molecule has 33 heavy (non-hydrogen) atoms. The van der Waals surface area contributed by atoms with Gasteiger partial charge in [-0.3, -0.25) is 0 Å². The lowest BCUT2D eigenvalue weighted by molar-refractivity contribution is -0.449. The number of aliphatic hydroxyl groups is 4. The van der Waals surface area contributed by atoms with Crippen molar-refractivity contribution >= 4 is 11.0 Å². The molecule has 0 radical (unpaired) electrons. The van der Waals surface area contributed by atoms with Crippen molar-refractivity contribution in [2.24, 2.45) is 22.7 Å². The first-order chi connectivity index (χ1) is 15.6. The normalized spacial score (nSPS) is 48.9. The number of aromatic hydroxyl groups is 1. The first-order valence-corrected chi connectivity index (χ1v) is 12.0. The van der Waals surface area contributed by atoms with Crippen molar-refractivity contribution in [3.63, 3.8) is 0 Å². The van der Waals surface area contributed by atoms with Crippen LogP contribution in [0.3, 0.4) is 0 Å². The van der Waals surface area contributed by atoms with Gasteiger partial charge in [0.1, 0.15) is 22.8 Å². The summed E-state index contributed by atoms with van der Waals surface area (Å²) in [5, 5.41) is 57.7. The number of ether oxygens (including phenoxy) is 1. The summed E-state index contributed by atoms with van der Waals surface area (Å²) in [6.45, 7) is 4.31. The summed E-state index contributed by atoms with van der Waals surface area (Å²) in [6, 6.07) is 4.97. The molecule has 4 aliphatic carbocycles. The first-order valence-electron chi connectivity index (χ1n) is 12.0. The van der Waals surface area contributed by atoms with Gasteiger partial charge in [0.25, 0.3) is 0 Å². The Bertz CT molecular complexity index is 1200. The number of hydrogen-bond donors (Lipinski definition) is 5. The second-order valence-corrected chi connectivity index (χ2v) is 11.7. The zero-order valence-electron chi connectivity index (χ0n) is 18.8. The fraction of sp³-hybridized carbons (Fsp3) is 0.680. The smallest absolute Gasteiger partial charge is 0.206 e. The Hall–Kier alpha value is -1.84. The predicted molar refractivity (Wildman–Crippen MR) is 116 cm³/mol. The van der Waals surface area contributed by atoms with Gasteiger partial charge in [0.2, 0.25) is 5.79 Å². The van der Waals surface area contributed by atoms with Crippen LogP contribution in [-0.2, 0) is 10.2 Å². The number of fused-ring (bicyclic) bond motifs is 5. The molecule has 2 aliphatic heterocycles. The summed E-state index contributed by atoms with van der Waals surface area (Å²) in [6.07, 6.45) is -0.490. The second kappa shape index (κ2) is 5.86. The van der Waals surface area contributed by atoms with Gasteiger partial charge in [-0.1, -0.05) is 19.9 Å². The Morgan fingerprint density at radius 1 is 1.03 bits per heavy atom. The molecule has 5 N–H and O–H groups in total. The van der Waals surface area contributed by atoms with E-state index in [1.165, 1.54) is 0 Å². The minimum absolute atomic E-state index is 0.0102. The third-order valence-electron chi connectivity index (χ3n) is 10.2. The average molecular weight is 455 g/mol. The van der Waals surface area contributed by atoms with Crippen LogP contribution < -0.4 is 0 Å². The average Bonchev–Trinajstić information content (AvgIpc) is 2.90. The topological polar surface area (TPSA) is 136 Å². The van der Waals surface area contributed by atoms with E-state index in [4.69, 9.17) is 14.7 Å². The molecule has 5 fully saturated rings. The Balaban J connectivity index is 1.56. The van der Waals surface area contributed by atoms with Crippen LogP contribution >= 0.6 is 0 Å². The number of aromatic nitrogens is 2. The Labute approximate surface area is 191 Å². The van der Waals surface area contributed by atoms with E-state index in [1.807, 2.05) is 0 Å². The molecule has 9 atom stereocenters. The number of aliphatic hydroxyl groups excluding tert-OH is 3. The zero-order valence-corrected chi connectivity index (χ0v) is 18.8. The number of para-hydroxylation sites is 1. The van der Waals surface area contributed by atoms with Crippen molar-refractivity contribution in [3.05, 3.63) is 29.6 Å². The van der Waals surface area contributed by atoms with Crippen molar-refractivity contribution < 1.29 is 30.3 Å². The molecule has 176 valence electrons. The van der Waals surface area contributed by atoms with Gasteiger partial charge in [-0.2, -0.15) is 0 Å². The van der Waals surface area contributed by atoms with E-state index in [-0.39, 0.29) is 29.6 Å². The Kier molecular flexibility index (Phi) is 3.64. The van der Waals surface area contributed by atoms with Crippen LogP contribution in [0.1, 0.15) is 56.8 Å². The van der Waals surface area contributed by atoms with Gasteiger partial charge < -0.3 is 30.3 Å². The van der Waals surface area contributed by atoms with Gasteiger partial charge >= 0.3 is 0 Å². The molecule has 2 spiro atoms. The predicted octanol–water partition coefficient (Wildman–Crippen LogP) is 1.32. The largest absolute Gasteiger partial charge is 0.506 e. The lowest BCUT2D eigenvalue weighted by atomic mass is 9.35. The molecule has 8 heteroatoms. The quantitative estimate of drug-likeness (QED) is 0.402. The molecule has 3 heterocycles. The highest BCUT2D eigenvalue weighted by molar-refractivity contribution is 5.81. The maximum absolute atomic E-state index is 12.2. The van der Waals surface area contributed by atoms with Gasteiger partial charge in [0, 0.05) is 17.3 Å². The van der Waals surface area contributed by atoms with Crippen molar-refractivity contribution in [2.45, 2.75) is 75.0 Å². The van der Waals surface area contributed by atoms with E-state index in [2.05, 4.69) is 13.8 Å². The van der Waals surface area contributed by atoms with Crippen LogP contribution in [0.15, 0.2) is 18.2 Å². The molecule has 3 unspecified atom stereocenters. The summed E-state index contributed by atoms with van der Waals surface area (Å²) >= 11 is 0. The van der Waals surface area contributed by atoms with Gasteiger partial charge in [0.05, 0.1) is 35.7 Å². The molecule has 3 saturated carbocycles. The van der Waals surface area contributed by atoms with Gasteiger partial charge in [-0.05, 0) is 49.1 Å². The molecule has 1 aromatic heterocycles.